The number of amides is 1. The van der Waals surface area contributed by atoms with Gasteiger partial charge in [-0.2, -0.15) is 0 Å². The minimum absolute atomic E-state index is 0.103. The summed E-state index contributed by atoms with van der Waals surface area (Å²) in [5.74, 6) is 0.805. The van der Waals surface area contributed by atoms with Crippen molar-refractivity contribution in [1.29, 1.82) is 0 Å². The van der Waals surface area contributed by atoms with E-state index in [1.807, 2.05) is 13.8 Å². The number of carbonyl (C=O) groups is 1. The van der Waals surface area contributed by atoms with Crippen LogP contribution in [0.5, 0.6) is 0 Å². The molecular formula is C16H26N4O. The van der Waals surface area contributed by atoms with Crippen molar-refractivity contribution >= 4 is 11.6 Å². The molecular weight excluding hydrogens is 264 g/mol. The quantitative estimate of drug-likeness (QED) is 0.845. The molecule has 0 aromatic carbocycles. The molecule has 1 aromatic heterocycles. The SMILES string of the molecule is CCCNc1cnc(C(C)C)nc1C(=O)NC1CC1(C)C. The first-order valence-electron chi connectivity index (χ1n) is 7.77. The summed E-state index contributed by atoms with van der Waals surface area (Å²) in [7, 11) is 0. The van der Waals surface area contributed by atoms with Crippen LogP contribution in [-0.4, -0.2) is 28.5 Å². The maximum absolute atomic E-state index is 12.5. The number of hydrogen-bond donors (Lipinski definition) is 2. The van der Waals surface area contributed by atoms with Gasteiger partial charge in [0.2, 0.25) is 0 Å². The molecule has 5 nitrogen and oxygen atoms in total. The van der Waals surface area contributed by atoms with Gasteiger partial charge in [-0.05, 0) is 18.3 Å². The highest BCUT2D eigenvalue weighted by atomic mass is 16.2. The molecule has 1 saturated carbocycles. The number of aromatic nitrogens is 2. The summed E-state index contributed by atoms with van der Waals surface area (Å²) in [6, 6.07) is 0.251. The highest BCUT2D eigenvalue weighted by Gasteiger charge is 2.46. The fraction of sp³-hybridized carbons (Fsp3) is 0.688. The summed E-state index contributed by atoms with van der Waals surface area (Å²) in [6.45, 7) is 11.3. The lowest BCUT2D eigenvalue weighted by molar-refractivity contribution is 0.0941. The Hall–Kier alpha value is -1.65. The molecule has 0 radical (unpaired) electrons. The maximum atomic E-state index is 12.5. The monoisotopic (exact) mass is 290 g/mol. The van der Waals surface area contributed by atoms with E-state index in [4.69, 9.17) is 0 Å². The van der Waals surface area contributed by atoms with Gasteiger partial charge in [-0.3, -0.25) is 4.79 Å². The molecule has 0 aliphatic heterocycles. The van der Waals surface area contributed by atoms with E-state index in [9.17, 15) is 4.79 Å². The summed E-state index contributed by atoms with van der Waals surface area (Å²) < 4.78 is 0. The molecule has 0 spiro atoms. The van der Waals surface area contributed by atoms with E-state index in [0.717, 1.165) is 25.1 Å². The number of carbonyl (C=O) groups excluding carboxylic acids is 1. The van der Waals surface area contributed by atoms with Crippen LogP contribution in [0.4, 0.5) is 5.69 Å². The summed E-state index contributed by atoms with van der Waals surface area (Å²) in [4.78, 5) is 21.3. The van der Waals surface area contributed by atoms with Crippen molar-refractivity contribution in [2.24, 2.45) is 5.41 Å². The van der Waals surface area contributed by atoms with Gasteiger partial charge in [0.05, 0.1) is 11.9 Å². The van der Waals surface area contributed by atoms with Crippen LogP contribution in [0.15, 0.2) is 6.20 Å². The molecule has 1 aliphatic rings. The van der Waals surface area contributed by atoms with Gasteiger partial charge in [-0.1, -0.05) is 34.6 Å². The summed E-state index contributed by atoms with van der Waals surface area (Å²) in [5.41, 5.74) is 1.39. The summed E-state index contributed by atoms with van der Waals surface area (Å²) >= 11 is 0. The molecule has 1 atom stereocenters. The lowest BCUT2D eigenvalue weighted by Crippen LogP contribution is -2.30. The van der Waals surface area contributed by atoms with Crippen molar-refractivity contribution in [2.45, 2.75) is 59.4 Å². The van der Waals surface area contributed by atoms with Crippen LogP contribution in [0.3, 0.4) is 0 Å². The molecule has 0 bridgehead atoms. The van der Waals surface area contributed by atoms with Gasteiger partial charge < -0.3 is 10.6 Å². The van der Waals surface area contributed by atoms with Crippen molar-refractivity contribution in [3.05, 3.63) is 17.7 Å². The molecule has 2 rings (SSSR count). The van der Waals surface area contributed by atoms with Crippen LogP contribution in [0.25, 0.3) is 0 Å². The fourth-order valence-corrected chi connectivity index (χ4v) is 2.18. The van der Waals surface area contributed by atoms with E-state index in [-0.39, 0.29) is 23.3 Å². The highest BCUT2D eigenvalue weighted by Crippen LogP contribution is 2.44. The Morgan fingerprint density at radius 2 is 2.14 bits per heavy atom. The number of nitrogens with one attached hydrogen (secondary N) is 2. The van der Waals surface area contributed by atoms with Gasteiger partial charge in [0, 0.05) is 18.5 Å². The van der Waals surface area contributed by atoms with Crippen LogP contribution >= 0.6 is 0 Å². The van der Waals surface area contributed by atoms with Crippen molar-refractivity contribution in [3.63, 3.8) is 0 Å². The number of anilines is 1. The van der Waals surface area contributed by atoms with E-state index < -0.39 is 0 Å². The Bertz CT molecular complexity index is 525. The molecule has 1 aromatic rings. The molecule has 116 valence electrons. The van der Waals surface area contributed by atoms with Gasteiger partial charge in [-0.15, -0.1) is 0 Å². The summed E-state index contributed by atoms with van der Waals surface area (Å²) in [5, 5.41) is 6.31. The smallest absolute Gasteiger partial charge is 0.272 e. The van der Waals surface area contributed by atoms with Crippen molar-refractivity contribution < 1.29 is 4.79 Å². The topological polar surface area (TPSA) is 66.9 Å². The van der Waals surface area contributed by atoms with E-state index in [1.165, 1.54) is 0 Å². The second-order valence-corrected chi connectivity index (χ2v) is 6.79. The molecule has 1 aliphatic carbocycles. The van der Waals surface area contributed by atoms with E-state index in [0.29, 0.717) is 11.5 Å². The third-order valence-corrected chi connectivity index (χ3v) is 3.92. The highest BCUT2D eigenvalue weighted by molar-refractivity contribution is 5.97. The molecule has 2 N–H and O–H groups in total. The van der Waals surface area contributed by atoms with E-state index >= 15 is 0 Å². The normalized spacial score (nSPS) is 19.4. The Morgan fingerprint density at radius 1 is 1.48 bits per heavy atom. The Kier molecular flexibility index (Phi) is 4.49. The predicted molar refractivity (Wildman–Crippen MR) is 84.6 cm³/mol. The predicted octanol–water partition coefficient (Wildman–Crippen LogP) is 2.95. The Labute approximate surface area is 127 Å². The zero-order valence-corrected chi connectivity index (χ0v) is 13.7. The van der Waals surface area contributed by atoms with Crippen molar-refractivity contribution in [1.82, 2.24) is 15.3 Å². The first-order valence-corrected chi connectivity index (χ1v) is 7.77. The lowest BCUT2D eigenvalue weighted by atomic mass is 10.2. The van der Waals surface area contributed by atoms with Crippen LogP contribution in [-0.2, 0) is 0 Å². The van der Waals surface area contributed by atoms with Crippen LogP contribution < -0.4 is 10.6 Å². The molecule has 1 unspecified atom stereocenters. The van der Waals surface area contributed by atoms with E-state index in [1.54, 1.807) is 6.20 Å². The molecule has 21 heavy (non-hydrogen) atoms. The van der Waals surface area contributed by atoms with Crippen molar-refractivity contribution in [3.8, 4) is 0 Å². The number of hydrogen-bond acceptors (Lipinski definition) is 4. The van der Waals surface area contributed by atoms with Gasteiger partial charge in [-0.25, -0.2) is 9.97 Å². The molecule has 1 fully saturated rings. The minimum atomic E-state index is -0.103. The maximum Gasteiger partial charge on any atom is 0.272 e. The number of rotatable bonds is 6. The fourth-order valence-electron chi connectivity index (χ4n) is 2.18. The van der Waals surface area contributed by atoms with Crippen LogP contribution in [0, 0.1) is 5.41 Å². The van der Waals surface area contributed by atoms with Crippen molar-refractivity contribution in [2.75, 3.05) is 11.9 Å². The van der Waals surface area contributed by atoms with Gasteiger partial charge in [0.15, 0.2) is 5.69 Å². The molecule has 5 heteroatoms. The zero-order valence-electron chi connectivity index (χ0n) is 13.7. The molecule has 0 saturated heterocycles. The average molecular weight is 290 g/mol. The molecule has 1 heterocycles. The first kappa shape index (κ1) is 15.7. The van der Waals surface area contributed by atoms with Crippen LogP contribution in [0.1, 0.15) is 69.7 Å². The van der Waals surface area contributed by atoms with Crippen LogP contribution in [0.2, 0.25) is 0 Å². The molecule has 1 amide bonds. The van der Waals surface area contributed by atoms with Gasteiger partial charge in [0.25, 0.3) is 5.91 Å². The first-order chi connectivity index (χ1) is 9.85. The largest absolute Gasteiger partial charge is 0.382 e. The number of nitrogens with zero attached hydrogens (tertiary/aromatic N) is 2. The summed E-state index contributed by atoms with van der Waals surface area (Å²) in [6.07, 6.45) is 3.74. The van der Waals surface area contributed by atoms with Gasteiger partial charge in [0.1, 0.15) is 5.82 Å². The second-order valence-electron chi connectivity index (χ2n) is 6.79. The third-order valence-electron chi connectivity index (χ3n) is 3.92. The Morgan fingerprint density at radius 3 is 2.67 bits per heavy atom. The second kappa shape index (κ2) is 6.00. The lowest BCUT2D eigenvalue weighted by Gasteiger charge is -2.13. The standard InChI is InChI=1S/C16H26N4O/c1-6-7-17-11-9-18-14(10(2)3)20-13(11)15(21)19-12-8-16(12,4)5/h9-10,12,17H,6-8H2,1-5H3,(H,19,21). The average Bonchev–Trinajstić information content (AvgIpc) is 3.02. The van der Waals surface area contributed by atoms with E-state index in [2.05, 4.69) is 41.4 Å². The zero-order chi connectivity index (χ0) is 15.6. The third kappa shape index (κ3) is 3.71. The Balaban J connectivity index is 2.20. The van der Waals surface area contributed by atoms with Gasteiger partial charge >= 0.3 is 0 Å². The minimum Gasteiger partial charge on any atom is -0.382 e.